The van der Waals surface area contributed by atoms with Crippen LogP contribution in [-0.4, -0.2) is 31.6 Å². The van der Waals surface area contributed by atoms with Crippen LogP contribution in [0.25, 0.3) is 0 Å². The molecule has 6 nitrogen and oxygen atoms in total. The normalized spacial score (nSPS) is 11.6. The van der Waals surface area contributed by atoms with Gasteiger partial charge in [0.25, 0.3) is 0 Å². The Bertz CT molecular complexity index is 686. The Hall–Kier alpha value is -1.86. The Morgan fingerprint density at radius 3 is 2.48 bits per heavy atom. The molecule has 0 spiro atoms. The first-order valence-electron chi connectivity index (χ1n) is 6.54. The number of imidazole rings is 1. The molecular weight excluding hydrogens is 290 g/mol. The van der Waals surface area contributed by atoms with Crippen molar-refractivity contribution in [2.24, 2.45) is 0 Å². The third-order valence-electron chi connectivity index (χ3n) is 3.16. The van der Waals surface area contributed by atoms with Crippen molar-refractivity contribution in [1.82, 2.24) is 14.3 Å². The predicted octanol–water partition coefficient (Wildman–Crippen LogP) is 1.49. The highest BCUT2D eigenvalue weighted by molar-refractivity contribution is 7.89. The molecule has 0 aliphatic carbocycles. The molecule has 0 bridgehead atoms. The molecular formula is C14H19N3O3S. The van der Waals surface area contributed by atoms with Gasteiger partial charge >= 0.3 is 0 Å². The van der Waals surface area contributed by atoms with Gasteiger partial charge in [0.05, 0.1) is 18.3 Å². The fourth-order valence-corrected chi connectivity index (χ4v) is 3.72. The fourth-order valence-electron chi connectivity index (χ4n) is 2.25. The lowest BCUT2D eigenvalue weighted by atomic mass is 10.1. The highest BCUT2D eigenvalue weighted by Crippen LogP contribution is 2.25. The molecule has 0 aliphatic heterocycles. The maximum Gasteiger partial charge on any atom is 0.241 e. The van der Waals surface area contributed by atoms with Crippen molar-refractivity contribution in [2.75, 3.05) is 13.7 Å². The summed E-state index contributed by atoms with van der Waals surface area (Å²) in [6.07, 6.45) is 5.10. The summed E-state index contributed by atoms with van der Waals surface area (Å²) in [6.45, 7) is 4.37. The standard InChI is InChI=1S/C14H19N3O3S/c1-11-8-13(20-3)9-12(2)14(11)21(18,19)16-5-7-17-6-4-15-10-17/h4,6,8-10,16H,5,7H2,1-3H3. The van der Waals surface area contributed by atoms with Crippen LogP contribution in [0.3, 0.4) is 0 Å². The van der Waals surface area contributed by atoms with Crippen molar-refractivity contribution < 1.29 is 13.2 Å². The van der Waals surface area contributed by atoms with Crippen LogP contribution in [0.1, 0.15) is 11.1 Å². The molecule has 0 atom stereocenters. The smallest absolute Gasteiger partial charge is 0.241 e. The minimum atomic E-state index is -3.54. The number of hydrogen-bond donors (Lipinski definition) is 1. The lowest BCUT2D eigenvalue weighted by Crippen LogP contribution is -2.28. The van der Waals surface area contributed by atoms with E-state index in [1.165, 1.54) is 0 Å². The van der Waals surface area contributed by atoms with Gasteiger partial charge in [0, 0.05) is 25.5 Å². The monoisotopic (exact) mass is 309 g/mol. The molecule has 0 amide bonds. The van der Waals surface area contributed by atoms with Crippen molar-refractivity contribution in [3.63, 3.8) is 0 Å². The number of benzene rings is 1. The van der Waals surface area contributed by atoms with E-state index in [-0.39, 0.29) is 0 Å². The van der Waals surface area contributed by atoms with Gasteiger partial charge in [0.1, 0.15) is 5.75 Å². The van der Waals surface area contributed by atoms with Gasteiger partial charge in [-0.3, -0.25) is 0 Å². The van der Waals surface area contributed by atoms with Crippen molar-refractivity contribution in [2.45, 2.75) is 25.3 Å². The lowest BCUT2D eigenvalue weighted by molar-refractivity contribution is 0.413. The molecule has 0 saturated heterocycles. The molecule has 2 rings (SSSR count). The Morgan fingerprint density at radius 1 is 1.29 bits per heavy atom. The maximum atomic E-state index is 12.4. The van der Waals surface area contributed by atoms with E-state index in [9.17, 15) is 8.42 Å². The summed E-state index contributed by atoms with van der Waals surface area (Å²) in [6, 6.07) is 3.44. The Labute approximate surface area is 124 Å². The molecule has 1 heterocycles. The summed E-state index contributed by atoms with van der Waals surface area (Å²) < 4.78 is 34.4. The third-order valence-corrected chi connectivity index (χ3v) is 4.93. The summed E-state index contributed by atoms with van der Waals surface area (Å²) in [5.41, 5.74) is 1.34. The maximum absolute atomic E-state index is 12.4. The van der Waals surface area contributed by atoms with Crippen LogP contribution < -0.4 is 9.46 Å². The van der Waals surface area contributed by atoms with E-state index in [1.807, 2.05) is 4.57 Å². The quantitative estimate of drug-likeness (QED) is 0.877. The van der Waals surface area contributed by atoms with Crippen LogP contribution in [0.15, 0.2) is 35.7 Å². The molecule has 0 fully saturated rings. The highest BCUT2D eigenvalue weighted by Gasteiger charge is 2.19. The average Bonchev–Trinajstić information content (AvgIpc) is 2.90. The molecule has 0 aliphatic rings. The third kappa shape index (κ3) is 3.62. The molecule has 1 aromatic heterocycles. The van der Waals surface area contributed by atoms with Gasteiger partial charge < -0.3 is 9.30 Å². The Morgan fingerprint density at radius 2 is 1.95 bits per heavy atom. The molecule has 1 N–H and O–H groups in total. The number of ether oxygens (including phenoxy) is 1. The van der Waals surface area contributed by atoms with E-state index in [1.54, 1.807) is 51.8 Å². The van der Waals surface area contributed by atoms with E-state index in [0.717, 1.165) is 0 Å². The van der Waals surface area contributed by atoms with Crippen LogP contribution in [0.4, 0.5) is 0 Å². The van der Waals surface area contributed by atoms with Crippen molar-refractivity contribution >= 4 is 10.0 Å². The number of nitrogens with zero attached hydrogens (tertiary/aromatic N) is 2. The zero-order valence-corrected chi connectivity index (χ0v) is 13.1. The summed E-state index contributed by atoms with van der Waals surface area (Å²) in [5.74, 6) is 0.655. The summed E-state index contributed by atoms with van der Waals surface area (Å²) in [5, 5.41) is 0. The van der Waals surface area contributed by atoms with Crippen molar-refractivity contribution in [3.8, 4) is 5.75 Å². The largest absolute Gasteiger partial charge is 0.497 e. The summed E-state index contributed by atoms with van der Waals surface area (Å²) >= 11 is 0. The van der Waals surface area contributed by atoms with Crippen LogP contribution in [0, 0.1) is 13.8 Å². The number of methoxy groups -OCH3 is 1. The van der Waals surface area contributed by atoms with Gasteiger partial charge in [-0.05, 0) is 37.1 Å². The summed E-state index contributed by atoms with van der Waals surface area (Å²) in [4.78, 5) is 4.23. The van der Waals surface area contributed by atoms with E-state index < -0.39 is 10.0 Å². The molecule has 0 unspecified atom stereocenters. The predicted molar refractivity (Wildman–Crippen MR) is 79.9 cm³/mol. The summed E-state index contributed by atoms with van der Waals surface area (Å²) in [7, 11) is -1.98. The van der Waals surface area contributed by atoms with Crippen LogP contribution in [0.2, 0.25) is 0 Å². The number of sulfonamides is 1. The molecule has 7 heteroatoms. The Kier molecular flexibility index (Phi) is 4.64. The second-order valence-corrected chi connectivity index (χ2v) is 6.49. The first-order chi connectivity index (χ1) is 9.94. The van der Waals surface area contributed by atoms with Crippen LogP contribution in [0.5, 0.6) is 5.75 Å². The van der Waals surface area contributed by atoms with Gasteiger partial charge in [-0.2, -0.15) is 0 Å². The zero-order valence-electron chi connectivity index (χ0n) is 12.3. The zero-order chi connectivity index (χ0) is 15.5. The van der Waals surface area contributed by atoms with Gasteiger partial charge in [-0.15, -0.1) is 0 Å². The minimum Gasteiger partial charge on any atom is -0.497 e. The molecule has 21 heavy (non-hydrogen) atoms. The topological polar surface area (TPSA) is 73.2 Å². The Balaban J connectivity index is 2.15. The molecule has 0 radical (unpaired) electrons. The van der Waals surface area contributed by atoms with E-state index in [0.29, 0.717) is 34.9 Å². The average molecular weight is 309 g/mol. The van der Waals surface area contributed by atoms with Gasteiger partial charge in [0.2, 0.25) is 10.0 Å². The molecule has 114 valence electrons. The highest BCUT2D eigenvalue weighted by atomic mass is 32.2. The fraction of sp³-hybridized carbons (Fsp3) is 0.357. The molecule has 1 aromatic carbocycles. The number of aryl methyl sites for hydroxylation is 2. The second-order valence-electron chi connectivity index (χ2n) is 4.79. The van der Waals surface area contributed by atoms with Crippen molar-refractivity contribution in [1.29, 1.82) is 0 Å². The van der Waals surface area contributed by atoms with E-state index in [2.05, 4.69) is 9.71 Å². The van der Waals surface area contributed by atoms with E-state index >= 15 is 0 Å². The number of rotatable bonds is 6. The first kappa shape index (κ1) is 15.5. The first-order valence-corrected chi connectivity index (χ1v) is 8.03. The van der Waals surface area contributed by atoms with Gasteiger partial charge in [-0.1, -0.05) is 0 Å². The number of nitrogens with one attached hydrogen (secondary N) is 1. The van der Waals surface area contributed by atoms with Crippen molar-refractivity contribution in [3.05, 3.63) is 42.0 Å². The van der Waals surface area contributed by atoms with Gasteiger partial charge in [0.15, 0.2) is 0 Å². The van der Waals surface area contributed by atoms with Crippen LogP contribution in [-0.2, 0) is 16.6 Å². The minimum absolute atomic E-state index is 0.309. The van der Waals surface area contributed by atoms with E-state index in [4.69, 9.17) is 4.74 Å². The molecule has 2 aromatic rings. The number of aromatic nitrogens is 2. The molecule has 0 saturated carbocycles. The lowest BCUT2D eigenvalue weighted by Gasteiger charge is -2.13. The van der Waals surface area contributed by atoms with Crippen LogP contribution >= 0.6 is 0 Å². The SMILES string of the molecule is COc1cc(C)c(S(=O)(=O)NCCn2ccnc2)c(C)c1. The van der Waals surface area contributed by atoms with Gasteiger partial charge in [-0.25, -0.2) is 18.1 Å². The number of hydrogen-bond acceptors (Lipinski definition) is 4. The second kappa shape index (κ2) is 6.28.